The van der Waals surface area contributed by atoms with Crippen LogP contribution in [0.4, 0.5) is 0 Å². The second-order valence-corrected chi connectivity index (χ2v) is 5.77. The molecular weight excluding hydrogens is 356 g/mol. The number of fused-ring (bicyclic) bond motifs is 1. The van der Waals surface area contributed by atoms with E-state index in [2.05, 4.69) is 32.5 Å². The van der Waals surface area contributed by atoms with E-state index in [1.807, 2.05) is 43.3 Å². The number of aromatic nitrogens is 2. The zero-order valence-corrected chi connectivity index (χ0v) is 14.4. The number of nitrogens with zero attached hydrogens (tertiary/aromatic N) is 1. The quantitative estimate of drug-likeness (QED) is 0.622. The molecule has 0 spiro atoms. The van der Waals surface area contributed by atoms with Crippen molar-refractivity contribution in [2.24, 2.45) is 0 Å². The highest BCUT2D eigenvalue weighted by Gasteiger charge is 2.15. The molecule has 0 atom stereocenters. The molecule has 5 heteroatoms. The highest BCUT2D eigenvalue weighted by molar-refractivity contribution is 9.10. The third-order valence-electron chi connectivity index (χ3n) is 3.32. The van der Waals surface area contributed by atoms with E-state index in [9.17, 15) is 0 Å². The SMILES string of the molecule is C=CCOc1c(Br)cc(-c2nc3ccccc3[nH]2)cc1OCC. The highest BCUT2D eigenvalue weighted by Crippen LogP contribution is 2.39. The molecule has 1 aromatic heterocycles. The highest BCUT2D eigenvalue weighted by atomic mass is 79.9. The summed E-state index contributed by atoms with van der Waals surface area (Å²) >= 11 is 3.56. The van der Waals surface area contributed by atoms with Crippen molar-refractivity contribution in [3.63, 3.8) is 0 Å². The van der Waals surface area contributed by atoms with Crippen molar-refractivity contribution < 1.29 is 9.47 Å². The van der Waals surface area contributed by atoms with Crippen molar-refractivity contribution in [3.8, 4) is 22.9 Å². The maximum absolute atomic E-state index is 5.72. The molecule has 3 aromatic rings. The van der Waals surface area contributed by atoms with Crippen LogP contribution in [0.5, 0.6) is 11.5 Å². The van der Waals surface area contributed by atoms with Crippen molar-refractivity contribution in [1.82, 2.24) is 9.97 Å². The van der Waals surface area contributed by atoms with Crippen LogP contribution >= 0.6 is 15.9 Å². The number of H-pyrrole nitrogens is 1. The number of para-hydroxylation sites is 2. The van der Waals surface area contributed by atoms with Crippen LogP contribution in [-0.2, 0) is 0 Å². The third-order valence-corrected chi connectivity index (χ3v) is 3.91. The fourth-order valence-electron chi connectivity index (χ4n) is 2.34. The van der Waals surface area contributed by atoms with Crippen LogP contribution in [0.1, 0.15) is 6.92 Å². The first-order chi connectivity index (χ1) is 11.2. The molecule has 4 nitrogen and oxygen atoms in total. The van der Waals surface area contributed by atoms with Gasteiger partial charge in [-0.2, -0.15) is 0 Å². The monoisotopic (exact) mass is 372 g/mol. The molecular formula is C18H17BrN2O2. The Morgan fingerprint density at radius 3 is 2.83 bits per heavy atom. The summed E-state index contributed by atoms with van der Waals surface area (Å²) in [5.41, 5.74) is 2.87. The van der Waals surface area contributed by atoms with Crippen LogP contribution < -0.4 is 9.47 Å². The van der Waals surface area contributed by atoms with Crippen LogP contribution in [0.3, 0.4) is 0 Å². The number of hydrogen-bond donors (Lipinski definition) is 1. The minimum atomic E-state index is 0.419. The maximum atomic E-state index is 5.72. The summed E-state index contributed by atoms with van der Waals surface area (Å²) < 4.78 is 12.2. The van der Waals surface area contributed by atoms with Crippen LogP contribution in [0.25, 0.3) is 22.4 Å². The minimum Gasteiger partial charge on any atom is -0.490 e. The number of nitrogens with one attached hydrogen (secondary N) is 1. The van der Waals surface area contributed by atoms with Gasteiger partial charge in [-0.25, -0.2) is 4.98 Å². The van der Waals surface area contributed by atoms with E-state index < -0.39 is 0 Å². The molecule has 0 amide bonds. The average molecular weight is 373 g/mol. The molecule has 3 rings (SSSR count). The van der Waals surface area contributed by atoms with Gasteiger partial charge in [0.1, 0.15) is 12.4 Å². The molecule has 0 bridgehead atoms. The number of benzene rings is 2. The molecule has 0 fully saturated rings. The van der Waals surface area contributed by atoms with Crippen molar-refractivity contribution >= 4 is 27.0 Å². The number of rotatable bonds is 6. The van der Waals surface area contributed by atoms with Crippen LogP contribution in [0, 0.1) is 0 Å². The Labute approximate surface area is 143 Å². The van der Waals surface area contributed by atoms with Gasteiger partial charge in [-0.3, -0.25) is 0 Å². The molecule has 1 heterocycles. The number of ether oxygens (including phenoxy) is 2. The first kappa shape index (κ1) is 15.6. The summed E-state index contributed by atoms with van der Waals surface area (Å²) in [6.07, 6.45) is 1.70. The average Bonchev–Trinajstić information content (AvgIpc) is 2.98. The molecule has 0 aliphatic rings. The first-order valence-corrected chi connectivity index (χ1v) is 8.17. The summed E-state index contributed by atoms with van der Waals surface area (Å²) in [6.45, 7) is 6.59. The first-order valence-electron chi connectivity index (χ1n) is 7.38. The van der Waals surface area contributed by atoms with Crippen LogP contribution in [-0.4, -0.2) is 23.2 Å². The molecule has 2 aromatic carbocycles. The van der Waals surface area contributed by atoms with E-state index in [0.717, 1.165) is 26.9 Å². The molecule has 0 unspecified atom stereocenters. The predicted molar refractivity (Wildman–Crippen MR) is 96.1 cm³/mol. The van der Waals surface area contributed by atoms with Crippen molar-refractivity contribution in [1.29, 1.82) is 0 Å². The van der Waals surface area contributed by atoms with Gasteiger partial charge >= 0.3 is 0 Å². The van der Waals surface area contributed by atoms with E-state index in [4.69, 9.17) is 9.47 Å². The van der Waals surface area contributed by atoms with Gasteiger partial charge in [-0.1, -0.05) is 24.8 Å². The zero-order valence-electron chi connectivity index (χ0n) is 12.8. The minimum absolute atomic E-state index is 0.419. The molecule has 118 valence electrons. The maximum Gasteiger partial charge on any atom is 0.175 e. The zero-order chi connectivity index (χ0) is 16.2. The predicted octanol–water partition coefficient (Wildman–Crippen LogP) is 4.96. The second kappa shape index (κ2) is 6.87. The Hall–Kier alpha value is -2.27. The van der Waals surface area contributed by atoms with E-state index in [1.54, 1.807) is 6.08 Å². The number of halogens is 1. The molecule has 0 aliphatic carbocycles. The molecule has 0 aliphatic heterocycles. The summed E-state index contributed by atoms with van der Waals surface area (Å²) in [6, 6.07) is 11.9. The Balaban J connectivity index is 2.06. The summed E-state index contributed by atoms with van der Waals surface area (Å²) in [5.74, 6) is 2.15. The van der Waals surface area contributed by atoms with Gasteiger partial charge in [-0.15, -0.1) is 0 Å². The lowest BCUT2D eigenvalue weighted by Gasteiger charge is -2.14. The number of hydrogen-bond acceptors (Lipinski definition) is 3. The summed E-state index contributed by atoms with van der Waals surface area (Å²) in [5, 5.41) is 0. The lowest BCUT2D eigenvalue weighted by atomic mass is 10.2. The fourth-order valence-corrected chi connectivity index (χ4v) is 2.90. The van der Waals surface area contributed by atoms with Crippen molar-refractivity contribution in [2.45, 2.75) is 6.92 Å². The Kier molecular flexibility index (Phi) is 4.67. The van der Waals surface area contributed by atoms with Crippen LogP contribution in [0.15, 0.2) is 53.5 Å². The molecule has 0 saturated heterocycles. The van der Waals surface area contributed by atoms with Crippen LogP contribution in [0.2, 0.25) is 0 Å². The second-order valence-electron chi connectivity index (χ2n) is 4.92. The van der Waals surface area contributed by atoms with Gasteiger partial charge < -0.3 is 14.5 Å². The van der Waals surface area contributed by atoms with Gasteiger partial charge in [0.25, 0.3) is 0 Å². The van der Waals surface area contributed by atoms with E-state index in [1.165, 1.54) is 0 Å². The van der Waals surface area contributed by atoms with Gasteiger partial charge in [0.05, 0.1) is 22.1 Å². The van der Waals surface area contributed by atoms with Crippen molar-refractivity contribution in [2.75, 3.05) is 13.2 Å². The molecule has 0 radical (unpaired) electrons. The smallest absolute Gasteiger partial charge is 0.175 e. The normalized spacial score (nSPS) is 10.7. The van der Waals surface area contributed by atoms with E-state index in [0.29, 0.717) is 24.7 Å². The van der Waals surface area contributed by atoms with Gasteiger partial charge in [-0.05, 0) is 47.1 Å². The molecule has 23 heavy (non-hydrogen) atoms. The van der Waals surface area contributed by atoms with E-state index >= 15 is 0 Å². The molecule has 0 saturated carbocycles. The fraction of sp³-hybridized carbons (Fsp3) is 0.167. The topological polar surface area (TPSA) is 47.1 Å². The van der Waals surface area contributed by atoms with Gasteiger partial charge in [0.15, 0.2) is 11.5 Å². The van der Waals surface area contributed by atoms with E-state index in [-0.39, 0.29) is 0 Å². The number of aromatic amines is 1. The molecule has 1 N–H and O–H groups in total. The van der Waals surface area contributed by atoms with Gasteiger partial charge in [0, 0.05) is 5.56 Å². The standard InChI is InChI=1S/C18H17BrN2O2/c1-3-9-23-17-13(19)10-12(11-16(17)22-4-2)18-20-14-7-5-6-8-15(14)21-18/h3,5-8,10-11H,1,4,9H2,2H3,(H,20,21). The Morgan fingerprint density at radius 1 is 1.26 bits per heavy atom. The largest absolute Gasteiger partial charge is 0.490 e. The summed E-state index contributed by atoms with van der Waals surface area (Å²) in [4.78, 5) is 7.95. The Morgan fingerprint density at radius 2 is 2.09 bits per heavy atom. The van der Waals surface area contributed by atoms with Crippen molar-refractivity contribution in [3.05, 3.63) is 53.5 Å². The lowest BCUT2D eigenvalue weighted by molar-refractivity contribution is 0.295. The summed E-state index contributed by atoms with van der Waals surface area (Å²) in [7, 11) is 0. The Bertz CT molecular complexity index is 809. The number of imidazole rings is 1. The lowest BCUT2D eigenvalue weighted by Crippen LogP contribution is -2.00. The van der Waals surface area contributed by atoms with Gasteiger partial charge in [0.2, 0.25) is 0 Å². The third kappa shape index (κ3) is 3.24.